The maximum atomic E-state index is 12.7. The Bertz CT molecular complexity index is 754. The average Bonchev–Trinajstić information content (AvgIpc) is 3.28. The molecule has 0 bridgehead atoms. The summed E-state index contributed by atoms with van der Waals surface area (Å²) >= 11 is 0. The second-order valence-corrected chi connectivity index (χ2v) is 6.45. The number of piperazine rings is 1. The van der Waals surface area contributed by atoms with Gasteiger partial charge in [0.25, 0.3) is 0 Å². The van der Waals surface area contributed by atoms with Crippen molar-refractivity contribution in [2.75, 3.05) is 6.54 Å². The van der Waals surface area contributed by atoms with Gasteiger partial charge in [0.15, 0.2) is 0 Å². The Morgan fingerprint density at radius 3 is 2.67 bits per heavy atom. The largest absolute Gasteiger partial charge is 0.329 e. The lowest BCUT2D eigenvalue weighted by Gasteiger charge is -2.41. The predicted octanol–water partition coefficient (Wildman–Crippen LogP) is 1.59. The fourth-order valence-corrected chi connectivity index (χ4v) is 3.63. The summed E-state index contributed by atoms with van der Waals surface area (Å²) in [6, 6.07) is 9.16. The molecule has 6 nitrogen and oxygen atoms in total. The second kappa shape index (κ2) is 5.78. The van der Waals surface area contributed by atoms with Crippen molar-refractivity contribution in [3.05, 3.63) is 48.3 Å². The van der Waals surface area contributed by atoms with Crippen LogP contribution in [0.4, 0.5) is 0 Å². The summed E-state index contributed by atoms with van der Waals surface area (Å²) in [6.07, 6.45) is 5.33. The normalized spacial score (nSPS) is 23.7. The first-order valence-electron chi connectivity index (χ1n) is 8.35. The summed E-state index contributed by atoms with van der Waals surface area (Å²) in [5.41, 5.74) is 1.99. The third-order valence-corrected chi connectivity index (χ3v) is 4.99. The van der Waals surface area contributed by atoms with E-state index in [1.54, 1.807) is 20.7 Å². The minimum atomic E-state index is -0.391. The molecule has 2 aromatic rings. The number of benzene rings is 1. The Morgan fingerprint density at radius 1 is 1.17 bits per heavy atom. The van der Waals surface area contributed by atoms with E-state index < -0.39 is 6.04 Å². The number of fused-ring (bicyclic) bond motifs is 1. The first-order chi connectivity index (χ1) is 11.6. The molecule has 0 spiro atoms. The van der Waals surface area contributed by atoms with Crippen molar-refractivity contribution >= 4 is 11.8 Å². The van der Waals surface area contributed by atoms with E-state index in [1.165, 1.54) is 0 Å². The van der Waals surface area contributed by atoms with Crippen LogP contribution in [0.25, 0.3) is 5.69 Å². The lowest BCUT2D eigenvalue weighted by molar-refractivity contribution is -0.159. The molecular weight excluding hydrogens is 304 g/mol. The molecule has 1 aromatic heterocycles. The van der Waals surface area contributed by atoms with Crippen molar-refractivity contribution in [3.8, 4) is 5.69 Å². The number of carbonyl (C=O) groups is 2. The van der Waals surface area contributed by atoms with Gasteiger partial charge in [-0.25, -0.2) is 4.68 Å². The molecule has 0 radical (unpaired) electrons. The van der Waals surface area contributed by atoms with Crippen molar-refractivity contribution in [3.63, 3.8) is 0 Å². The number of amides is 2. The summed E-state index contributed by atoms with van der Waals surface area (Å²) < 4.78 is 1.79. The molecule has 2 amide bonds. The zero-order chi connectivity index (χ0) is 16.7. The second-order valence-electron chi connectivity index (χ2n) is 6.45. The molecule has 0 unspecified atom stereocenters. The minimum Gasteiger partial charge on any atom is -0.329 e. The van der Waals surface area contributed by atoms with Crippen LogP contribution in [-0.2, 0) is 16.1 Å². The summed E-state index contributed by atoms with van der Waals surface area (Å²) in [6.45, 7) is 3.01. The van der Waals surface area contributed by atoms with Gasteiger partial charge >= 0.3 is 0 Å². The van der Waals surface area contributed by atoms with E-state index in [0.717, 1.165) is 24.1 Å². The Morgan fingerprint density at radius 2 is 1.96 bits per heavy atom. The molecule has 2 saturated heterocycles. The highest BCUT2D eigenvalue weighted by Crippen LogP contribution is 2.28. The third-order valence-electron chi connectivity index (χ3n) is 4.99. The smallest absolute Gasteiger partial charge is 0.246 e. The maximum absolute atomic E-state index is 12.7. The molecule has 124 valence electrons. The Hall–Kier alpha value is -2.63. The van der Waals surface area contributed by atoms with Crippen molar-refractivity contribution in [2.45, 2.75) is 38.4 Å². The van der Waals surface area contributed by atoms with Gasteiger partial charge in [-0.2, -0.15) is 5.10 Å². The molecule has 6 heteroatoms. The Labute approximate surface area is 140 Å². The zero-order valence-electron chi connectivity index (χ0n) is 13.6. The summed E-state index contributed by atoms with van der Waals surface area (Å²) in [4.78, 5) is 28.7. The van der Waals surface area contributed by atoms with Crippen LogP contribution in [0.15, 0.2) is 42.7 Å². The summed E-state index contributed by atoms with van der Waals surface area (Å²) in [7, 11) is 0. The van der Waals surface area contributed by atoms with E-state index in [4.69, 9.17) is 0 Å². The van der Waals surface area contributed by atoms with E-state index in [9.17, 15) is 9.59 Å². The molecule has 2 aliphatic heterocycles. The van der Waals surface area contributed by atoms with Gasteiger partial charge in [-0.05, 0) is 43.5 Å². The predicted molar refractivity (Wildman–Crippen MR) is 88.3 cm³/mol. The maximum Gasteiger partial charge on any atom is 0.246 e. The van der Waals surface area contributed by atoms with Crippen LogP contribution in [0, 0.1) is 0 Å². The van der Waals surface area contributed by atoms with Crippen LogP contribution in [0.3, 0.4) is 0 Å². The van der Waals surface area contributed by atoms with E-state index in [1.807, 2.05) is 43.5 Å². The summed E-state index contributed by atoms with van der Waals surface area (Å²) in [5.74, 6) is 0.154. The van der Waals surface area contributed by atoms with Gasteiger partial charge in [0.05, 0.1) is 5.69 Å². The van der Waals surface area contributed by atoms with Crippen molar-refractivity contribution in [2.24, 2.45) is 0 Å². The number of nitrogens with zero attached hydrogens (tertiary/aromatic N) is 4. The number of rotatable bonds is 3. The van der Waals surface area contributed by atoms with Gasteiger partial charge in [-0.15, -0.1) is 0 Å². The van der Waals surface area contributed by atoms with Gasteiger partial charge in [0, 0.05) is 25.5 Å². The van der Waals surface area contributed by atoms with E-state index >= 15 is 0 Å². The topological polar surface area (TPSA) is 58.4 Å². The number of hydrogen-bond donors (Lipinski definition) is 0. The van der Waals surface area contributed by atoms with E-state index in [2.05, 4.69) is 5.10 Å². The molecule has 3 heterocycles. The lowest BCUT2D eigenvalue weighted by atomic mass is 10.0. The standard InChI is InChI=1S/C18H20N4O2/c1-13-17(23)20-10-2-4-16(20)18(24)21(13)12-14-5-7-15(8-6-14)22-11-3-9-19-22/h3,5-9,11,13,16H,2,4,10,12H2,1H3/t13-,16+/m0/s1. The van der Waals surface area contributed by atoms with Crippen LogP contribution in [-0.4, -0.2) is 50.0 Å². The number of hydrogen-bond acceptors (Lipinski definition) is 3. The molecule has 0 aliphatic carbocycles. The van der Waals surface area contributed by atoms with E-state index in [0.29, 0.717) is 13.1 Å². The van der Waals surface area contributed by atoms with Crippen LogP contribution >= 0.6 is 0 Å². The third kappa shape index (κ3) is 2.38. The Kier molecular flexibility index (Phi) is 3.59. The van der Waals surface area contributed by atoms with Gasteiger partial charge in [0.1, 0.15) is 12.1 Å². The molecule has 0 N–H and O–H groups in total. The van der Waals surface area contributed by atoms with Crippen LogP contribution in [0.2, 0.25) is 0 Å². The van der Waals surface area contributed by atoms with Crippen LogP contribution in [0.5, 0.6) is 0 Å². The highest BCUT2D eigenvalue weighted by molar-refractivity contribution is 5.97. The Balaban J connectivity index is 1.53. The van der Waals surface area contributed by atoms with Gasteiger partial charge in [-0.3, -0.25) is 9.59 Å². The fraction of sp³-hybridized carbons (Fsp3) is 0.389. The molecular formula is C18H20N4O2. The monoisotopic (exact) mass is 324 g/mol. The molecule has 2 fully saturated rings. The van der Waals surface area contributed by atoms with Crippen LogP contribution in [0.1, 0.15) is 25.3 Å². The zero-order valence-corrected chi connectivity index (χ0v) is 13.6. The quantitative estimate of drug-likeness (QED) is 0.861. The molecule has 0 saturated carbocycles. The molecule has 4 rings (SSSR count). The highest BCUT2D eigenvalue weighted by atomic mass is 16.2. The van der Waals surface area contributed by atoms with Crippen LogP contribution < -0.4 is 0 Å². The number of carbonyl (C=O) groups excluding carboxylic acids is 2. The number of aromatic nitrogens is 2. The first-order valence-corrected chi connectivity index (χ1v) is 8.35. The molecule has 2 aliphatic rings. The molecule has 2 atom stereocenters. The average molecular weight is 324 g/mol. The first kappa shape index (κ1) is 14.9. The summed E-state index contributed by atoms with van der Waals surface area (Å²) in [5, 5.41) is 4.20. The fourth-order valence-electron chi connectivity index (χ4n) is 3.63. The minimum absolute atomic E-state index is 0.0743. The van der Waals surface area contributed by atoms with Crippen molar-refractivity contribution in [1.82, 2.24) is 19.6 Å². The van der Waals surface area contributed by atoms with Crippen molar-refractivity contribution < 1.29 is 9.59 Å². The molecule has 24 heavy (non-hydrogen) atoms. The van der Waals surface area contributed by atoms with E-state index in [-0.39, 0.29) is 17.9 Å². The van der Waals surface area contributed by atoms with Crippen molar-refractivity contribution in [1.29, 1.82) is 0 Å². The van der Waals surface area contributed by atoms with Gasteiger partial charge in [0.2, 0.25) is 11.8 Å². The lowest BCUT2D eigenvalue weighted by Crippen LogP contribution is -2.61. The molecule has 1 aromatic carbocycles. The highest BCUT2D eigenvalue weighted by Gasteiger charge is 2.45. The van der Waals surface area contributed by atoms with Gasteiger partial charge in [-0.1, -0.05) is 12.1 Å². The SMILES string of the molecule is C[C@H]1C(=O)N2CCC[C@@H]2C(=O)N1Cc1ccc(-n2cccn2)cc1. The van der Waals surface area contributed by atoms with Gasteiger partial charge < -0.3 is 9.80 Å².